The Balaban J connectivity index is 2.73. The molecule has 0 saturated carbocycles. The standard InChI is InChI=1S/C17H20Cl2N4O2S/c1-4-5-12(9-6-7-10(18)11(19)8-9)23-14(16(25)21-3)13(15(24)20-2)22-17(23)26/h6-8,12H,4-5H2,1-3H3,(H,20,24)(H,21,25)(H,22,26). The fraction of sp³-hybridized carbons (Fsp3) is 0.353. The van der Waals surface area contributed by atoms with E-state index in [1.54, 1.807) is 16.7 Å². The van der Waals surface area contributed by atoms with Gasteiger partial charge in [-0.2, -0.15) is 0 Å². The molecule has 0 fully saturated rings. The number of rotatable bonds is 6. The van der Waals surface area contributed by atoms with Gasteiger partial charge in [-0.25, -0.2) is 0 Å². The second-order valence-corrected chi connectivity index (χ2v) is 6.86. The highest BCUT2D eigenvalue weighted by molar-refractivity contribution is 7.71. The number of carbonyl (C=O) groups excluding carboxylic acids is 2. The van der Waals surface area contributed by atoms with Gasteiger partial charge in [0.15, 0.2) is 4.77 Å². The normalized spacial score (nSPS) is 11.9. The van der Waals surface area contributed by atoms with Crippen molar-refractivity contribution >= 4 is 47.2 Å². The quantitative estimate of drug-likeness (QED) is 0.625. The zero-order valence-corrected chi connectivity index (χ0v) is 17.0. The van der Waals surface area contributed by atoms with E-state index in [4.69, 9.17) is 35.4 Å². The molecule has 0 aliphatic rings. The smallest absolute Gasteiger partial charge is 0.270 e. The van der Waals surface area contributed by atoms with Crippen molar-refractivity contribution in [2.45, 2.75) is 25.8 Å². The maximum Gasteiger partial charge on any atom is 0.270 e. The van der Waals surface area contributed by atoms with Gasteiger partial charge >= 0.3 is 0 Å². The van der Waals surface area contributed by atoms with Gasteiger partial charge in [-0.05, 0) is 36.3 Å². The molecule has 0 aliphatic heterocycles. The van der Waals surface area contributed by atoms with Gasteiger partial charge < -0.3 is 20.2 Å². The number of H-pyrrole nitrogens is 1. The Bertz CT molecular complexity index is 891. The van der Waals surface area contributed by atoms with Crippen LogP contribution in [0.5, 0.6) is 0 Å². The van der Waals surface area contributed by atoms with Gasteiger partial charge in [0.2, 0.25) is 0 Å². The topological polar surface area (TPSA) is 78.9 Å². The summed E-state index contributed by atoms with van der Waals surface area (Å²) in [5.41, 5.74) is 1.16. The Morgan fingerprint density at radius 2 is 1.85 bits per heavy atom. The van der Waals surface area contributed by atoms with Crippen LogP contribution in [-0.4, -0.2) is 35.5 Å². The van der Waals surface area contributed by atoms with E-state index in [1.165, 1.54) is 14.1 Å². The van der Waals surface area contributed by atoms with Crippen LogP contribution in [0.1, 0.15) is 52.3 Å². The molecule has 2 rings (SSSR count). The van der Waals surface area contributed by atoms with Crippen molar-refractivity contribution in [3.8, 4) is 0 Å². The third-order valence-corrected chi connectivity index (χ3v) is 5.06. The number of nitrogens with one attached hydrogen (secondary N) is 3. The zero-order valence-electron chi connectivity index (χ0n) is 14.7. The van der Waals surface area contributed by atoms with E-state index in [-0.39, 0.29) is 22.2 Å². The molecule has 0 spiro atoms. The van der Waals surface area contributed by atoms with Crippen LogP contribution in [0.2, 0.25) is 10.0 Å². The van der Waals surface area contributed by atoms with Gasteiger partial charge in [-0.1, -0.05) is 42.6 Å². The maximum absolute atomic E-state index is 12.5. The summed E-state index contributed by atoms with van der Waals surface area (Å²) in [4.78, 5) is 27.6. The minimum absolute atomic E-state index is 0.123. The third-order valence-electron chi connectivity index (χ3n) is 4.03. The number of hydrogen-bond donors (Lipinski definition) is 3. The molecular formula is C17H20Cl2N4O2S. The Labute approximate surface area is 166 Å². The zero-order chi connectivity index (χ0) is 19.4. The van der Waals surface area contributed by atoms with Gasteiger partial charge in [0.25, 0.3) is 11.8 Å². The largest absolute Gasteiger partial charge is 0.354 e. The summed E-state index contributed by atoms with van der Waals surface area (Å²) >= 11 is 17.6. The summed E-state index contributed by atoms with van der Waals surface area (Å²) in [5.74, 6) is -0.824. The number of carbonyl (C=O) groups is 2. The fourth-order valence-electron chi connectivity index (χ4n) is 2.81. The Morgan fingerprint density at radius 3 is 2.38 bits per heavy atom. The predicted octanol–water partition coefficient (Wildman–Crippen LogP) is 3.96. The molecule has 3 N–H and O–H groups in total. The number of benzene rings is 1. The van der Waals surface area contributed by atoms with E-state index in [2.05, 4.69) is 15.6 Å². The molecule has 0 saturated heterocycles. The summed E-state index contributed by atoms with van der Waals surface area (Å²) in [5, 5.41) is 5.95. The van der Waals surface area contributed by atoms with Gasteiger partial charge in [-0.3, -0.25) is 9.59 Å². The summed E-state index contributed by atoms with van der Waals surface area (Å²) in [6.07, 6.45) is 1.53. The Morgan fingerprint density at radius 1 is 1.19 bits per heavy atom. The number of halogens is 2. The lowest BCUT2D eigenvalue weighted by molar-refractivity contribution is 0.0919. The average molecular weight is 415 g/mol. The molecule has 9 heteroatoms. The first-order valence-electron chi connectivity index (χ1n) is 8.09. The number of hydrogen-bond acceptors (Lipinski definition) is 3. The SMILES string of the molecule is CCCC(c1ccc(Cl)c(Cl)c1)n1c(C(=O)NC)c(C(=O)NC)[nH]c1=S. The first-order chi connectivity index (χ1) is 12.3. The Hall–Kier alpha value is -1.83. The van der Waals surface area contributed by atoms with Crippen LogP contribution in [0, 0.1) is 4.77 Å². The number of amides is 2. The van der Waals surface area contributed by atoms with Crippen LogP contribution in [-0.2, 0) is 0 Å². The van der Waals surface area contributed by atoms with E-state index in [1.807, 2.05) is 13.0 Å². The molecule has 1 unspecified atom stereocenters. The summed E-state index contributed by atoms with van der Waals surface area (Å²) < 4.78 is 1.95. The fourth-order valence-corrected chi connectivity index (χ4v) is 3.44. The van der Waals surface area contributed by atoms with Crippen LogP contribution in [0.25, 0.3) is 0 Å². The summed E-state index contributed by atoms with van der Waals surface area (Å²) in [7, 11) is 3.00. The van der Waals surface area contributed by atoms with Gasteiger partial charge in [0.1, 0.15) is 11.4 Å². The van der Waals surface area contributed by atoms with Crippen molar-refractivity contribution in [2.75, 3.05) is 14.1 Å². The second kappa shape index (κ2) is 8.70. The van der Waals surface area contributed by atoms with Crippen molar-refractivity contribution < 1.29 is 9.59 Å². The number of aromatic amines is 1. The van der Waals surface area contributed by atoms with Gasteiger partial charge in [0, 0.05) is 14.1 Å². The molecule has 1 aromatic carbocycles. The molecule has 26 heavy (non-hydrogen) atoms. The first kappa shape index (κ1) is 20.5. The van der Waals surface area contributed by atoms with Crippen molar-refractivity contribution in [1.29, 1.82) is 0 Å². The molecular weight excluding hydrogens is 395 g/mol. The molecule has 1 aromatic heterocycles. The lowest BCUT2D eigenvalue weighted by atomic mass is 10.0. The average Bonchev–Trinajstić information content (AvgIpc) is 2.97. The van der Waals surface area contributed by atoms with Crippen molar-refractivity contribution in [2.24, 2.45) is 0 Å². The molecule has 2 aromatic rings. The summed E-state index contributed by atoms with van der Waals surface area (Å²) in [6.45, 7) is 2.03. The third kappa shape index (κ3) is 3.95. The van der Waals surface area contributed by atoms with E-state index < -0.39 is 11.8 Å². The van der Waals surface area contributed by atoms with Crippen molar-refractivity contribution in [3.05, 3.63) is 50.0 Å². The molecule has 6 nitrogen and oxygen atoms in total. The highest BCUT2D eigenvalue weighted by Crippen LogP contribution is 2.31. The monoisotopic (exact) mass is 414 g/mol. The molecule has 140 valence electrons. The lowest BCUT2D eigenvalue weighted by Crippen LogP contribution is -2.29. The van der Waals surface area contributed by atoms with Crippen LogP contribution in [0.3, 0.4) is 0 Å². The highest BCUT2D eigenvalue weighted by Gasteiger charge is 2.28. The van der Waals surface area contributed by atoms with E-state index in [0.29, 0.717) is 16.5 Å². The van der Waals surface area contributed by atoms with Crippen LogP contribution in [0.4, 0.5) is 0 Å². The van der Waals surface area contributed by atoms with Crippen LogP contribution in [0.15, 0.2) is 18.2 Å². The van der Waals surface area contributed by atoms with E-state index >= 15 is 0 Å². The number of nitrogens with zero attached hydrogens (tertiary/aromatic N) is 1. The van der Waals surface area contributed by atoms with E-state index in [0.717, 1.165) is 12.0 Å². The minimum Gasteiger partial charge on any atom is -0.354 e. The van der Waals surface area contributed by atoms with Crippen LogP contribution < -0.4 is 10.6 Å². The van der Waals surface area contributed by atoms with Crippen molar-refractivity contribution in [3.63, 3.8) is 0 Å². The van der Waals surface area contributed by atoms with Crippen molar-refractivity contribution in [1.82, 2.24) is 20.2 Å². The van der Waals surface area contributed by atoms with Crippen LogP contribution >= 0.6 is 35.4 Å². The maximum atomic E-state index is 12.5. The summed E-state index contributed by atoms with van der Waals surface area (Å²) in [6, 6.07) is 5.03. The Kier molecular flexibility index (Phi) is 6.86. The predicted molar refractivity (Wildman–Crippen MR) is 106 cm³/mol. The molecule has 0 bridgehead atoms. The molecule has 2 amide bonds. The molecule has 1 heterocycles. The number of aromatic nitrogens is 2. The molecule has 1 atom stereocenters. The number of imidazole rings is 1. The minimum atomic E-state index is -0.419. The lowest BCUT2D eigenvalue weighted by Gasteiger charge is -2.21. The van der Waals surface area contributed by atoms with Gasteiger partial charge in [-0.15, -0.1) is 0 Å². The highest BCUT2D eigenvalue weighted by atomic mass is 35.5. The molecule has 0 radical (unpaired) electrons. The van der Waals surface area contributed by atoms with E-state index in [9.17, 15) is 9.59 Å². The van der Waals surface area contributed by atoms with Gasteiger partial charge in [0.05, 0.1) is 16.1 Å². The first-order valence-corrected chi connectivity index (χ1v) is 9.25. The second-order valence-electron chi connectivity index (χ2n) is 5.66. The molecule has 0 aliphatic carbocycles.